The maximum absolute atomic E-state index is 12.2. The summed E-state index contributed by atoms with van der Waals surface area (Å²) in [5.41, 5.74) is 0. The molecule has 0 bridgehead atoms. The van der Waals surface area contributed by atoms with Crippen molar-refractivity contribution in [3.05, 3.63) is 0 Å². The van der Waals surface area contributed by atoms with E-state index in [1.165, 1.54) is 0 Å². The zero-order valence-corrected chi connectivity index (χ0v) is 7.34. The van der Waals surface area contributed by atoms with Gasteiger partial charge in [-0.2, -0.15) is 13.2 Å². The number of nitrogens with two attached hydrogens (primary N) is 1. The quantitative estimate of drug-likeness (QED) is 0.666. The Kier molecular flexibility index (Phi) is 3.15. The highest BCUT2D eigenvalue weighted by molar-refractivity contribution is 4.86. The van der Waals surface area contributed by atoms with Gasteiger partial charge >= 0.3 is 6.18 Å². The Hall–Kier alpha value is -0.330. The molecular formula is C7H13F3N2O. The summed E-state index contributed by atoms with van der Waals surface area (Å²) >= 11 is 0. The fourth-order valence-corrected chi connectivity index (χ4v) is 1.62. The average molecular weight is 198 g/mol. The van der Waals surface area contributed by atoms with E-state index in [2.05, 4.69) is 4.84 Å². The number of alkyl halides is 3. The molecule has 3 nitrogen and oxygen atoms in total. The molecule has 0 aromatic rings. The van der Waals surface area contributed by atoms with Crippen molar-refractivity contribution in [3.63, 3.8) is 0 Å². The van der Waals surface area contributed by atoms with E-state index >= 15 is 0 Å². The predicted octanol–water partition coefficient (Wildman–Crippen LogP) is 0.759. The molecule has 0 aromatic carbocycles. The van der Waals surface area contributed by atoms with Crippen LogP contribution in [0.4, 0.5) is 13.2 Å². The number of halogens is 3. The van der Waals surface area contributed by atoms with Crippen LogP contribution in [0, 0.1) is 5.92 Å². The minimum Gasteiger partial charge on any atom is -0.303 e. The van der Waals surface area contributed by atoms with Crippen LogP contribution < -0.4 is 5.90 Å². The Morgan fingerprint density at radius 2 is 2.15 bits per heavy atom. The highest BCUT2D eigenvalue weighted by Gasteiger charge is 2.46. The Bertz CT molecular complexity index is 174. The van der Waals surface area contributed by atoms with Gasteiger partial charge < -0.3 is 9.74 Å². The Morgan fingerprint density at radius 1 is 1.54 bits per heavy atom. The van der Waals surface area contributed by atoms with E-state index in [0.29, 0.717) is 0 Å². The Labute approximate surface area is 74.6 Å². The molecule has 2 N–H and O–H groups in total. The van der Waals surface area contributed by atoms with Crippen LogP contribution in [0.15, 0.2) is 0 Å². The summed E-state index contributed by atoms with van der Waals surface area (Å²) in [6.45, 7) is 0.195. The zero-order chi connectivity index (χ0) is 10.1. The molecule has 1 aliphatic rings. The molecule has 0 aromatic heterocycles. The Morgan fingerprint density at radius 3 is 2.54 bits per heavy atom. The van der Waals surface area contributed by atoms with Crippen LogP contribution in [0.5, 0.6) is 0 Å². The number of likely N-dealkylation sites (tertiary alicyclic amines) is 1. The summed E-state index contributed by atoms with van der Waals surface area (Å²) in [5.74, 6) is 3.58. The smallest absolute Gasteiger partial charge is 0.303 e. The molecule has 6 heteroatoms. The van der Waals surface area contributed by atoms with E-state index in [4.69, 9.17) is 5.90 Å². The van der Waals surface area contributed by atoms with Gasteiger partial charge in [-0.25, -0.2) is 5.90 Å². The van der Waals surface area contributed by atoms with E-state index in [1.54, 1.807) is 11.9 Å². The van der Waals surface area contributed by atoms with Crippen LogP contribution in [-0.4, -0.2) is 37.3 Å². The molecule has 0 saturated carbocycles. The predicted molar refractivity (Wildman–Crippen MR) is 40.7 cm³/mol. The fourth-order valence-electron chi connectivity index (χ4n) is 1.62. The van der Waals surface area contributed by atoms with E-state index < -0.39 is 12.1 Å². The molecule has 0 radical (unpaired) electrons. The van der Waals surface area contributed by atoms with E-state index in [9.17, 15) is 13.2 Å². The summed E-state index contributed by atoms with van der Waals surface area (Å²) in [5, 5.41) is 0. The van der Waals surface area contributed by atoms with Crippen LogP contribution >= 0.6 is 0 Å². The molecule has 0 spiro atoms. The van der Waals surface area contributed by atoms with Crippen LogP contribution in [0.25, 0.3) is 0 Å². The maximum Gasteiger partial charge on any atom is 0.393 e. The lowest BCUT2D eigenvalue weighted by molar-refractivity contribution is -0.170. The van der Waals surface area contributed by atoms with Crippen LogP contribution in [0.2, 0.25) is 0 Å². The second kappa shape index (κ2) is 3.81. The van der Waals surface area contributed by atoms with Crippen LogP contribution in [-0.2, 0) is 4.84 Å². The normalized spacial score (nSPS) is 31.2. The van der Waals surface area contributed by atoms with Gasteiger partial charge in [-0.3, -0.25) is 0 Å². The maximum atomic E-state index is 12.2. The molecule has 2 unspecified atom stereocenters. The fraction of sp³-hybridized carbons (Fsp3) is 1.00. The lowest BCUT2D eigenvalue weighted by atomic mass is 10.1. The summed E-state index contributed by atoms with van der Waals surface area (Å²) in [7, 11) is 1.65. The topological polar surface area (TPSA) is 38.5 Å². The van der Waals surface area contributed by atoms with Gasteiger partial charge in [0.1, 0.15) is 0 Å². The second-order valence-electron chi connectivity index (χ2n) is 3.40. The van der Waals surface area contributed by atoms with Crippen molar-refractivity contribution in [1.82, 2.24) is 4.90 Å². The third-order valence-electron chi connectivity index (χ3n) is 2.44. The summed E-state index contributed by atoms with van der Waals surface area (Å²) < 4.78 is 36.7. The molecule has 1 fully saturated rings. The molecule has 1 aliphatic heterocycles. The minimum atomic E-state index is -4.10. The zero-order valence-electron chi connectivity index (χ0n) is 7.34. The van der Waals surface area contributed by atoms with Gasteiger partial charge in [0.15, 0.2) is 0 Å². The van der Waals surface area contributed by atoms with Crippen molar-refractivity contribution < 1.29 is 18.0 Å². The van der Waals surface area contributed by atoms with Gasteiger partial charge in [-0.1, -0.05) is 0 Å². The number of hydrogen-bond acceptors (Lipinski definition) is 3. The van der Waals surface area contributed by atoms with E-state index in [-0.39, 0.29) is 25.6 Å². The second-order valence-corrected chi connectivity index (χ2v) is 3.40. The van der Waals surface area contributed by atoms with Crippen LogP contribution in [0.3, 0.4) is 0 Å². The van der Waals surface area contributed by atoms with E-state index in [1.807, 2.05) is 0 Å². The van der Waals surface area contributed by atoms with Crippen molar-refractivity contribution in [2.45, 2.75) is 18.6 Å². The standard InChI is InChI=1S/C7H13F3N2O/c1-12-3-5(7(8,9)10)2-6(12)4-13-11/h5-6H,2-4,11H2,1H3. The average Bonchev–Trinajstić information content (AvgIpc) is 2.32. The van der Waals surface area contributed by atoms with Crippen molar-refractivity contribution in [1.29, 1.82) is 0 Å². The summed E-state index contributed by atoms with van der Waals surface area (Å²) in [4.78, 5) is 5.98. The van der Waals surface area contributed by atoms with Crippen LogP contribution in [0.1, 0.15) is 6.42 Å². The van der Waals surface area contributed by atoms with Crippen molar-refractivity contribution in [3.8, 4) is 0 Å². The highest BCUT2D eigenvalue weighted by Crippen LogP contribution is 2.35. The first kappa shape index (κ1) is 10.7. The molecule has 0 amide bonds. The monoisotopic (exact) mass is 198 g/mol. The molecule has 0 aliphatic carbocycles. The summed E-state index contributed by atoms with van der Waals surface area (Å²) in [6, 6.07) is -0.211. The molecule has 78 valence electrons. The van der Waals surface area contributed by atoms with Crippen molar-refractivity contribution in [2.75, 3.05) is 20.2 Å². The molecular weight excluding hydrogens is 185 g/mol. The molecule has 1 rings (SSSR count). The first-order valence-electron chi connectivity index (χ1n) is 4.03. The lowest BCUT2D eigenvalue weighted by Crippen LogP contribution is -2.30. The van der Waals surface area contributed by atoms with Gasteiger partial charge in [0.2, 0.25) is 0 Å². The van der Waals surface area contributed by atoms with E-state index in [0.717, 1.165) is 0 Å². The highest BCUT2D eigenvalue weighted by atomic mass is 19.4. The minimum absolute atomic E-state index is 0.0392. The molecule has 13 heavy (non-hydrogen) atoms. The van der Waals surface area contributed by atoms with Gasteiger partial charge in [0.05, 0.1) is 12.5 Å². The van der Waals surface area contributed by atoms with Crippen molar-refractivity contribution >= 4 is 0 Å². The third kappa shape index (κ3) is 2.55. The Balaban J connectivity index is 2.50. The first-order valence-corrected chi connectivity index (χ1v) is 4.03. The van der Waals surface area contributed by atoms with Gasteiger partial charge in [0, 0.05) is 12.6 Å². The third-order valence-corrected chi connectivity index (χ3v) is 2.44. The van der Waals surface area contributed by atoms with Gasteiger partial charge in [0.25, 0.3) is 0 Å². The molecule has 2 atom stereocenters. The van der Waals surface area contributed by atoms with Gasteiger partial charge in [-0.15, -0.1) is 0 Å². The number of hydrogen-bond donors (Lipinski definition) is 1. The SMILES string of the molecule is CN1CC(C(F)(F)F)CC1CON. The molecule has 1 saturated heterocycles. The lowest BCUT2D eigenvalue weighted by Gasteiger charge is -2.16. The number of nitrogens with zero attached hydrogens (tertiary/aromatic N) is 1. The largest absolute Gasteiger partial charge is 0.393 e. The number of rotatable bonds is 2. The molecule has 1 heterocycles. The van der Waals surface area contributed by atoms with Gasteiger partial charge in [-0.05, 0) is 13.5 Å². The van der Waals surface area contributed by atoms with Crippen molar-refractivity contribution in [2.24, 2.45) is 11.8 Å². The first-order chi connectivity index (χ1) is 5.95. The number of likely N-dealkylation sites (N-methyl/N-ethyl adjacent to an activating group) is 1. The summed E-state index contributed by atoms with van der Waals surface area (Å²) in [6.07, 6.45) is -4.02.